The average molecular weight is 446 g/mol. The predicted octanol–water partition coefficient (Wildman–Crippen LogP) is 5.45. The zero-order valence-corrected chi connectivity index (χ0v) is 19.9. The second kappa shape index (κ2) is 9.60. The number of benzene rings is 2. The maximum Gasteiger partial charge on any atom is 0.257 e. The third-order valence-corrected chi connectivity index (χ3v) is 7.38. The lowest BCUT2D eigenvalue weighted by Crippen LogP contribution is -2.39. The summed E-state index contributed by atoms with van der Waals surface area (Å²) in [6, 6.07) is 14.3. The molecular weight excluding hydrogens is 410 g/mol. The van der Waals surface area contributed by atoms with Crippen molar-refractivity contribution in [2.75, 3.05) is 26.2 Å². The first-order valence-corrected chi connectivity index (χ1v) is 12.4. The number of nitrogens with one attached hydrogen (secondary N) is 1. The molecule has 0 spiro atoms. The van der Waals surface area contributed by atoms with Gasteiger partial charge >= 0.3 is 0 Å². The molecule has 3 heterocycles. The third kappa shape index (κ3) is 4.65. The van der Waals surface area contributed by atoms with Crippen LogP contribution in [-0.2, 0) is 6.54 Å². The molecule has 0 aliphatic carbocycles. The number of ether oxygens (including phenoxy) is 1. The van der Waals surface area contributed by atoms with E-state index in [-0.39, 0.29) is 12.0 Å². The second-order valence-corrected chi connectivity index (χ2v) is 9.67. The Labute approximate surface area is 196 Å². The molecule has 0 radical (unpaired) electrons. The fourth-order valence-electron chi connectivity index (χ4n) is 5.31. The predicted molar refractivity (Wildman–Crippen MR) is 133 cm³/mol. The van der Waals surface area contributed by atoms with Crippen LogP contribution in [0.4, 0.5) is 0 Å². The first-order valence-electron chi connectivity index (χ1n) is 12.4. The van der Waals surface area contributed by atoms with Crippen molar-refractivity contribution in [3.05, 3.63) is 64.8 Å². The number of rotatable bonds is 5. The summed E-state index contributed by atoms with van der Waals surface area (Å²) >= 11 is 0. The first-order chi connectivity index (χ1) is 16.1. The van der Waals surface area contributed by atoms with Crippen LogP contribution in [0.2, 0.25) is 0 Å². The lowest BCUT2D eigenvalue weighted by atomic mass is 10.1. The molecule has 0 bridgehead atoms. The van der Waals surface area contributed by atoms with Gasteiger partial charge in [0.05, 0.1) is 5.56 Å². The smallest absolute Gasteiger partial charge is 0.257 e. The molecule has 1 N–H and O–H groups in total. The first kappa shape index (κ1) is 22.0. The van der Waals surface area contributed by atoms with E-state index in [2.05, 4.69) is 41.9 Å². The maximum absolute atomic E-state index is 13.1. The van der Waals surface area contributed by atoms with Gasteiger partial charge in [-0.15, -0.1) is 0 Å². The topological polar surface area (TPSA) is 48.6 Å². The zero-order valence-electron chi connectivity index (χ0n) is 19.9. The van der Waals surface area contributed by atoms with Crippen molar-refractivity contribution in [2.24, 2.45) is 0 Å². The Morgan fingerprint density at radius 3 is 2.48 bits per heavy atom. The van der Waals surface area contributed by atoms with Crippen molar-refractivity contribution in [3.8, 4) is 5.75 Å². The molecule has 174 valence electrons. The molecule has 2 aliphatic rings. The van der Waals surface area contributed by atoms with Gasteiger partial charge in [0.2, 0.25) is 0 Å². The number of hydrogen-bond donors (Lipinski definition) is 1. The van der Waals surface area contributed by atoms with E-state index >= 15 is 0 Å². The van der Waals surface area contributed by atoms with Gasteiger partial charge in [-0.05, 0) is 69.2 Å². The zero-order chi connectivity index (χ0) is 22.8. The largest absolute Gasteiger partial charge is 0.489 e. The van der Waals surface area contributed by atoms with Crippen LogP contribution in [0.15, 0.2) is 42.5 Å². The van der Waals surface area contributed by atoms with Crippen molar-refractivity contribution in [3.63, 3.8) is 0 Å². The average Bonchev–Trinajstić information content (AvgIpc) is 3.17. The van der Waals surface area contributed by atoms with E-state index < -0.39 is 0 Å². The lowest BCUT2D eigenvalue weighted by molar-refractivity contribution is 0.0701. The minimum Gasteiger partial charge on any atom is -0.489 e. The molecule has 0 unspecified atom stereocenters. The van der Waals surface area contributed by atoms with Crippen LogP contribution in [0.25, 0.3) is 10.9 Å². The van der Waals surface area contributed by atoms with E-state index in [4.69, 9.17) is 4.74 Å². The van der Waals surface area contributed by atoms with E-state index in [0.717, 1.165) is 64.2 Å². The lowest BCUT2D eigenvalue weighted by Gasteiger charge is -2.33. The van der Waals surface area contributed by atoms with Gasteiger partial charge in [0.1, 0.15) is 11.9 Å². The summed E-state index contributed by atoms with van der Waals surface area (Å²) < 4.78 is 6.40. The van der Waals surface area contributed by atoms with Gasteiger partial charge < -0.3 is 14.6 Å². The molecule has 2 saturated heterocycles. The van der Waals surface area contributed by atoms with Gasteiger partial charge in [-0.2, -0.15) is 0 Å². The number of fused-ring (bicyclic) bond motifs is 1. The summed E-state index contributed by atoms with van der Waals surface area (Å²) in [6.45, 7) is 9.05. The Bertz CT molecular complexity index is 1120. The highest BCUT2D eigenvalue weighted by molar-refractivity contribution is 5.97. The Morgan fingerprint density at radius 1 is 0.970 bits per heavy atom. The molecule has 0 saturated carbocycles. The molecule has 3 aromatic rings. The Morgan fingerprint density at radius 2 is 1.73 bits per heavy atom. The summed E-state index contributed by atoms with van der Waals surface area (Å²) in [5, 5.41) is 1.33. The quantitative estimate of drug-likeness (QED) is 0.568. The number of hydrogen-bond acceptors (Lipinski definition) is 3. The number of amides is 1. The fraction of sp³-hybridized carbons (Fsp3) is 0.464. The van der Waals surface area contributed by atoms with E-state index in [1.165, 1.54) is 34.1 Å². The Balaban J connectivity index is 1.21. The SMILES string of the molecule is Cc1c(CN2CCC(Oc3ccccc3C(=O)N3CCCCC3)CC2)[nH]c2c(C)cccc12. The molecule has 5 heteroatoms. The molecule has 2 aliphatic heterocycles. The van der Waals surface area contributed by atoms with Crippen LogP contribution < -0.4 is 4.74 Å². The minimum absolute atomic E-state index is 0.118. The molecule has 0 atom stereocenters. The summed E-state index contributed by atoms with van der Waals surface area (Å²) in [6.07, 6.45) is 5.53. The number of piperidine rings is 2. The van der Waals surface area contributed by atoms with E-state index in [0.29, 0.717) is 5.56 Å². The number of H-pyrrole nitrogens is 1. The minimum atomic E-state index is 0.118. The summed E-state index contributed by atoms with van der Waals surface area (Å²) in [5.74, 6) is 0.862. The number of aryl methyl sites for hydroxylation is 2. The van der Waals surface area contributed by atoms with Gasteiger partial charge in [0.15, 0.2) is 0 Å². The number of aromatic nitrogens is 1. The van der Waals surface area contributed by atoms with Gasteiger partial charge in [-0.3, -0.25) is 9.69 Å². The van der Waals surface area contributed by atoms with Gasteiger partial charge in [-0.25, -0.2) is 0 Å². The van der Waals surface area contributed by atoms with Crippen LogP contribution in [0.1, 0.15) is 59.3 Å². The third-order valence-electron chi connectivity index (χ3n) is 7.38. The van der Waals surface area contributed by atoms with Crippen molar-refractivity contribution in [2.45, 2.75) is 58.6 Å². The van der Waals surface area contributed by atoms with Crippen LogP contribution in [-0.4, -0.2) is 53.0 Å². The number of likely N-dealkylation sites (tertiary alicyclic amines) is 2. The number of nitrogens with zero attached hydrogens (tertiary/aromatic N) is 2. The summed E-state index contributed by atoms with van der Waals surface area (Å²) in [7, 11) is 0. The Kier molecular flexibility index (Phi) is 6.41. The second-order valence-electron chi connectivity index (χ2n) is 9.67. The molecule has 1 amide bonds. The van der Waals surface area contributed by atoms with E-state index in [1.807, 2.05) is 29.2 Å². The number of aromatic amines is 1. The summed E-state index contributed by atoms with van der Waals surface area (Å²) in [5.41, 5.74) is 5.95. The van der Waals surface area contributed by atoms with Gasteiger partial charge in [0, 0.05) is 49.3 Å². The highest BCUT2D eigenvalue weighted by Gasteiger charge is 2.25. The number of carbonyl (C=O) groups excluding carboxylic acids is 1. The van der Waals surface area contributed by atoms with Crippen molar-refractivity contribution < 1.29 is 9.53 Å². The molecule has 33 heavy (non-hydrogen) atoms. The van der Waals surface area contributed by atoms with Crippen molar-refractivity contribution in [1.82, 2.24) is 14.8 Å². The van der Waals surface area contributed by atoms with Crippen LogP contribution in [0, 0.1) is 13.8 Å². The molecule has 1 aromatic heterocycles. The normalized spacial score (nSPS) is 18.1. The molecule has 2 fully saturated rings. The van der Waals surface area contributed by atoms with Crippen molar-refractivity contribution in [1.29, 1.82) is 0 Å². The maximum atomic E-state index is 13.1. The summed E-state index contributed by atoms with van der Waals surface area (Å²) in [4.78, 5) is 21.2. The van der Waals surface area contributed by atoms with Crippen LogP contribution >= 0.6 is 0 Å². The Hall–Kier alpha value is -2.79. The highest BCUT2D eigenvalue weighted by atomic mass is 16.5. The monoisotopic (exact) mass is 445 g/mol. The molecule has 5 nitrogen and oxygen atoms in total. The molecular formula is C28H35N3O2. The number of para-hydroxylation sites is 2. The van der Waals surface area contributed by atoms with Crippen LogP contribution in [0.5, 0.6) is 5.75 Å². The van der Waals surface area contributed by atoms with Gasteiger partial charge in [-0.1, -0.05) is 30.3 Å². The van der Waals surface area contributed by atoms with Crippen molar-refractivity contribution >= 4 is 16.8 Å². The number of carbonyl (C=O) groups is 1. The fourth-order valence-corrected chi connectivity index (χ4v) is 5.31. The van der Waals surface area contributed by atoms with Crippen LogP contribution in [0.3, 0.4) is 0 Å². The highest BCUT2D eigenvalue weighted by Crippen LogP contribution is 2.28. The molecule has 2 aromatic carbocycles. The standard InChI is InChI=1S/C28H35N3O2/c1-20-9-8-11-23-21(2)25(29-27(20)23)19-30-17-13-22(14-18-30)33-26-12-5-4-10-24(26)28(32)31-15-6-3-7-16-31/h4-5,8-12,22,29H,3,6-7,13-19H2,1-2H3. The van der Waals surface area contributed by atoms with E-state index in [1.54, 1.807) is 0 Å². The van der Waals surface area contributed by atoms with E-state index in [9.17, 15) is 4.79 Å². The molecule has 5 rings (SSSR count). The van der Waals surface area contributed by atoms with Gasteiger partial charge in [0.25, 0.3) is 5.91 Å².